The second kappa shape index (κ2) is 12.6. The lowest BCUT2D eigenvalue weighted by molar-refractivity contribution is 0.670. The number of rotatable bonds is 5. The highest BCUT2D eigenvalue weighted by molar-refractivity contribution is 6.26. The van der Waals surface area contributed by atoms with E-state index in [0.29, 0.717) is 34.2 Å². The molecule has 0 aliphatic heterocycles. The van der Waals surface area contributed by atoms with Crippen LogP contribution in [-0.4, -0.2) is 15.0 Å². The number of hydrogen-bond donors (Lipinski definition) is 0. The van der Waals surface area contributed by atoms with Crippen LogP contribution in [0.25, 0.3) is 111 Å². The van der Waals surface area contributed by atoms with Gasteiger partial charge in [0.25, 0.3) is 0 Å². The molecule has 0 bridgehead atoms. The van der Waals surface area contributed by atoms with Crippen LogP contribution < -0.4 is 0 Å². The Kier molecular flexibility index (Phi) is 6.04. The molecule has 0 saturated carbocycles. The first kappa shape index (κ1) is 26.4. The first-order valence-electron chi connectivity index (χ1n) is 20.6. The van der Waals surface area contributed by atoms with Crippen molar-refractivity contribution in [1.82, 2.24) is 15.0 Å². The molecule has 0 fully saturated rings. The summed E-state index contributed by atoms with van der Waals surface area (Å²) in [6, 6.07) is 51.3. The molecule has 9 aromatic carbocycles. The standard InChI is InChI=1S/C51H31N3O/c1-3-12-32(13-4-1)33-22-24-35(25-23-33)50-52-49(34-14-5-2-6-15-34)53-51(54-50)37-27-29-44-45-21-11-20-38(48(45)55-47(44)31-37)36-26-28-43-41-18-8-7-16-39(41)40-17-9-10-19-42(40)46(43)30-36/h1-31H/i1D,3D,4D,12D,13D. The summed E-state index contributed by atoms with van der Waals surface area (Å²) in [6.45, 7) is 0. The highest BCUT2D eigenvalue weighted by Crippen LogP contribution is 2.41. The second-order valence-corrected chi connectivity index (χ2v) is 13.6. The molecule has 0 unspecified atom stereocenters. The highest BCUT2D eigenvalue weighted by atomic mass is 16.3. The molecule has 0 amide bonds. The molecular formula is C51H31N3O. The van der Waals surface area contributed by atoms with Crippen LogP contribution in [0.4, 0.5) is 0 Å². The highest BCUT2D eigenvalue weighted by Gasteiger charge is 2.17. The van der Waals surface area contributed by atoms with Gasteiger partial charge in [-0.3, -0.25) is 0 Å². The molecule has 0 N–H and O–H groups in total. The second-order valence-electron chi connectivity index (χ2n) is 13.6. The van der Waals surface area contributed by atoms with Crippen molar-refractivity contribution in [3.63, 3.8) is 0 Å². The number of para-hydroxylation sites is 1. The van der Waals surface area contributed by atoms with Crippen LogP contribution in [0.2, 0.25) is 0 Å². The van der Waals surface area contributed by atoms with Gasteiger partial charge in [-0.25, -0.2) is 15.0 Å². The summed E-state index contributed by atoms with van der Waals surface area (Å²) in [6.07, 6.45) is 0. The fourth-order valence-electron chi connectivity index (χ4n) is 7.77. The van der Waals surface area contributed by atoms with Crippen LogP contribution in [0.5, 0.6) is 0 Å². The Labute approximate surface area is 324 Å². The average Bonchev–Trinajstić information content (AvgIpc) is 3.69. The Balaban J connectivity index is 1.03. The minimum absolute atomic E-state index is 0.138. The predicted molar refractivity (Wildman–Crippen MR) is 227 cm³/mol. The number of aromatic nitrogens is 3. The summed E-state index contributed by atoms with van der Waals surface area (Å²) < 4.78 is 47.9. The van der Waals surface area contributed by atoms with Crippen LogP contribution >= 0.6 is 0 Å². The number of hydrogen-bond acceptors (Lipinski definition) is 4. The molecule has 0 atom stereocenters. The fraction of sp³-hybridized carbons (Fsp3) is 0. The molecule has 0 aliphatic rings. The van der Waals surface area contributed by atoms with Crippen molar-refractivity contribution in [1.29, 1.82) is 0 Å². The van der Waals surface area contributed by atoms with Crippen molar-refractivity contribution in [2.45, 2.75) is 0 Å². The Morgan fingerprint density at radius 3 is 1.55 bits per heavy atom. The van der Waals surface area contributed by atoms with Crippen molar-refractivity contribution in [2.24, 2.45) is 0 Å². The molecule has 0 spiro atoms. The van der Waals surface area contributed by atoms with E-state index in [2.05, 4.69) is 91.0 Å². The third-order valence-electron chi connectivity index (χ3n) is 10.4. The van der Waals surface area contributed by atoms with Crippen molar-refractivity contribution >= 4 is 54.3 Å². The first-order valence-corrected chi connectivity index (χ1v) is 18.1. The van der Waals surface area contributed by atoms with Crippen LogP contribution in [0.15, 0.2) is 192 Å². The van der Waals surface area contributed by atoms with Crippen LogP contribution in [-0.2, 0) is 0 Å². The van der Waals surface area contributed by atoms with Gasteiger partial charge in [-0.15, -0.1) is 0 Å². The van der Waals surface area contributed by atoms with Gasteiger partial charge in [0.1, 0.15) is 11.2 Å². The van der Waals surface area contributed by atoms with Crippen molar-refractivity contribution in [2.75, 3.05) is 0 Å². The molecule has 2 aromatic heterocycles. The monoisotopic (exact) mass is 706 g/mol. The smallest absolute Gasteiger partial charge is 0.164 e. The predicted octanol–water partition coefficient (Wildman–Crippen LogP) is 13.6. The molecule has 4 heteroatoms. The van der Waals surface area contributed by atoms with Gasteiger partial charge in [-0.2, -0.15) is 0 Å². The topological polar surface area (TPSA) is 51.8 Å². The maximum Gasteiger partial charge on any atom is 0.164 e. The molecular weight excluding hydrogens is 671 g/mol. The largest absolute Gasteiger partial charge is 0.455 e. The van der Waals surface area contributed by atoms with Gasteiger partial charge in [-0.1, -0.05) is 170 Å². The maximum atomic E-state index is 8.45. The Morgan fingerprint density at radius 2 is 0.855 bits per heavy atom. The van der Waals surface area contributed by atoms with E-state index in [1.54, 1.807) is 24.3 Å². The van der Waals surface area contributed by atoms with Crippen molar-refractivity contribution in [3.8, 4) is 56.4 Å². The van der Waals surface area contributed by atoms with Gasteiger partial charge in [0.15, 0.2) is 17.5 Å². The van der Waals surface area contributed by atoms with Crippen LogP contribution in [0.3, 0.4) is 0 Å². The zero-order chi connectivity index (χ0) is 40.6. The fourth-order valence-corrected chi connectivity index (χ4v) is 7.77. The van der Waals surface area contributed by atoms with Gasteiger partial charge >= 0.3 is 0 Å². The maximum absolute atomic E-state index is 8.45. The van der Waals surface area contributed by atoms with Gasteiger partial charge in [0.05, 0.1) is 6.85 Å². The summed E-state index contributed by atoms with van der Waals surface area (Å²) in [4.78, 5) is 14.8. The minimum Gasteiger partial charge on any atom is -0.455 e. The molecule has 0 saturated heterocycles. The van der Waals surface area contributed by atoms with E-state index in [4.69, 9.17) is 26.2 Å². The third kappa shape index (κ3) is 5.26. The average molecular weight is 707 g/mol. The molecule has 55 heavy (non-hydrogen) atoms. The number of furan rings is 1. The van der Waals surface area contributed by atoms with E-state index in [9.17, 15) is 0 Å². The van der Waals surface area contributed by atoms with E-state index in [-0.39, 0.29) is 29.7 Å². The Hall–Kier alpha value is -7.43. The summed E-state index contributed by atoms with van der Waals surface area (Å²) in [5.74, 6) is 1.38. The van der Waals surface area contributed by atoms with Gasteiger partial charge < -0.3 is 4.42 Å². The van der Waals surface area contributed by atoms with Gasteiger partial charge in [0, 0.05) is 33.0 Å². The van der Waals surface area contributed by atoms with Crippen LogP contribution in [0.1, 0.15) is 6.85 Å². The van der Waals surface area contributed by atoms with E-state index in [1.807, 2.05) is 42.5 Å². The first-order chi connectivity index (χ1) is 29.3. The third-order valence-corrected chi connectivity index (χ3v) is 10.4. The molecule has 2 heterocycles. The summed E-state index contributed by atoms with van der Waals surface area (Å²) in [7, 11) is 0. The Morgan fingerprint density at radius 1 is 0.345 bits per heavy atom. The number of benzene rings is 9. The number of fused-ring (bicyclic) bond motifs is 9. The van der Waals surface area contributed by atoms with Crippen molar-refractivity contribution in [3.05, 3.63) is 188 Å². The SMILES string of the molecule is [2H]c1c([2H])c([2H])c(-c2ccc(-c3nc(-c4ccccc4)nc(-c4ccc5c(c4)oc4c(-c6ccc7c8ccccc8c8ccccc8c7c6)cccc45)n3)cc2)c([2H])c1[2H]. The molecule has 0 radical (unpaired) electrons. The van der Waals surface area contributed by atoms with Crippen LogP contribution in [0, 0.1) is 0 Å². The molecule has 0 aliphatic carbocycles. The molecule has 11 aromatic rings. The summed E-state index contributed by atoms with van der Waals surface area (Å²) >= 11 is 0. The lowest BCUT2D eigenvalue weighted by Crippen LogP contribution is -2.00. The summed E-state index contributed by atoms with van der Waals surface area (Å²) in [5.41, 5.74) is 6.47. The van der Waals surface area contributed by atoms with E-state index >= 15 is 0 Å². The van der Waals surface area contributed by atoms with E-state index in [1.165, 1.54) is 32.3 Å². The normalized spacial score (nSPS) is 12.9. The zero-order valence-electron chi connectivity index (χ0n) is 34.3. The molecule has 256 valence electrons. The van der Waals surface area contributed by atoms with E-state index in [0.717, 1.165) is 38.6 Å². The molecule has 4 nitrogen and oxygen atoms in total. The quantitative estimate of drug-likeness (QED) is 0.167. The van der Waals surface area contributed by atoms with Crippen molar-refractivity contribution < 1.29 is 11.3 Å². The molecule has 11 rings (SSSR count). The lowest BCUT2D eigenvalue weighted by atomic mass is 9.92. The Bertz CT molecular complexity index is 3490. The lowest BCUT2D eigenvalue weighted by Gasteiger charge is -2.12. The van der Waals surface area contributed by atoms with Gasteiger partial charge in [-0.05, 0) is 67.2 Å². The minimum atomic E-state index is -0.425. The number of nitrogens with zero attached hydrogens (tertiary/aromatic N) is 3. The summed E-state index contributed by atoms with van der Waals surface area (Å²) in [5, 5.41) is 9.32. The zero-order valence-corrected chi connectivity index (χ0v) is 29.3. The van der Waals surface area contributed by atoms with Gasteiger partial charge in [0.2, 0.25) is 0 Å². The van der Waals surface area contributed by atoms with E-state index < -0.39 is 6.04 Å².